The van der Waals surface area contributed by atoms with Crippen molar-refractivity contribution >= 4 is 12.4 Å². The van der Waals surface area contributed by atoms with Gasteiger partial charge in [-0.25, -0.2) is 4.39 Å². The Morgan fingerprint density at radius 2 is 1.83 bits per heavy atom. The predicted octanol–water partition coefficient (Wildman–Crippen LogP) is 4.79. The summed E-state index contributed by atoms with van der Waals surface area (Å²) in [6, 6.07) is 2.78. The molecule has 0 saturated carbocycles. The summed E-state index contributed by atoms with van der Waals surface area (Å²) in [5.41, 5.74) is -0.630. The van der Waals surface area contributed by atoms with Crippen molar-refractivity contribution in [1.29, 1.82) is 0 Å². The number of hydrogen-bond acceptors (Lipinski definition) is 2. The molecule has 1 saturated heterocycles. The Bertz CT molecular complexity index is 502. The summed E-state index contributed by atoms with van der Waals surface area (Å²) in [5, 5.41) is 3.22. The number of rotatable bonds is 6. The van der Waals surface area contributed by atoms with E-state index >= 15 is 0 Å². The molecule has 2 rings (SSSR count). The highest BCUT2D eigenvalue weighted by molar-refractivity contribution is 5.85. The van der Waals surface area contributed by atoms with E-state index in [4.69, 9.17) is 0 Å². The lowest BCUT2D eigenvalue weighted by Gasteiger charge is -2.36. The zero-order chi connectivity index (χ0) is 16.9. The van der Waals surface area contributed by atoms with Crippen LogP contribution in [0.25, 0.3) is 0 Å². The number of halogens is 5. The molecule has 24 heavy (non-hydrogen) atoms. The standard InChI is InChI=1S/C17H24F4N2.ClH/c1-2-3-4-5-16(23-10-8-22-9-11-23)14-7-6-13(18)12-15(14)17(19,20)21;/h6-7,12,16,22H,2-5,8-11H2,1H3;1H/t16-;/m0./s1. The first-order chi connectivity index (χ1) is 10.9. The monoisotopic (exact) mass is 368 g/mol. The minimum absolute atomic E-state index is 0. The Morgan fingerprint density at radius 3 is 2.42 bits per heavy atom. The highest BCUT2D eigenvalue weighted by atomic mass is 35.5. The highest BCUT2D eigenvalue weighted by Gasteiger charge is 2.37. The maximum Gasteiger partial charge on any atom is 0.416 e. The van der Waals surface area contributed by atoms with Crippen molar-refractivity contribution in [3.63, 3.8) is 0 Å². The fourth-order valence-electron chi connectivity index (χ4n) is 3.18. The summed E-state index contributed by atoms with van der Waals surface area (Å²) in [6.45, 7) is 5.04. The molecule has 1 aliphatic heterocycles. The largest absolute Gasteiger partial charge is 0.416 e. The summed E-state index contributed by atoms with van der Waals surface area (Å²) in [6.07, 6.45) is -0.980. The van der Waals surface area contributed by atoms with Crippen LogP contribution in [0, 0.1) is 5.82 Å². The van der Waals surface area contributed by atoms with Crippen molar-refractivity contribution in [3.05, 3.63) is 35.1 Å². The van der Waals surface area contributed by atoms with Gasteiger partial charge in [-0.3, -0.25) is 4.90 Å². The second-order valence-corrected chi connectivity index (χ2v) is 6.03. The zero-order valence-electron chi connectivity index (χ0n) is 13.8. The van der Waals surface area contributed by atoms with Gasteiger partial charge >= 0.3 is 6.18 Å². The van der Waals surface area contributed by atoms with E-state index in [0.29, 0.717) is 25.6 Å². The van der Waals surface area contributed by atoms with Crippen LogP contribution in [0.2, 0.25) is 0 Å². The number of unbranched alkanes of at least 4 members (excludes halogenated alkanes) is 2. The zero-order valence-corrected chi connectivity index (χ0v) is 14.7. The van der Waals surface area contributed by atoms with Crippen LogP contribution in [-0.2, 0) is 6.18 Å². The molecule has 1 heterocycles. The minimum Gasteiger partial charge on any atom is -0.314 e. The molecule has 7 heteroatoms. The molecule has 1 N–H and O–H groups in total. The van der Waals surface area contributed by atoms with Crippen LogP contribution in [0.1, 0.15) is 49.8 Å². The number of piperazine rings is 1. The number of nitrogens with one attached hydrogen (secondary N) is 1. The van der Waals surface area contributed by atoms with E-state index in [2.05, 4.69) is 17.1 Å². The van der Waals surface area contributed by atoms with Gasteiger partial charge in [-0.2, -0.15) is 13.2 Å². The maximum atomic E-state index is 13.4. The van der Waals surface area contributed by atoms with E-state index in [-0.39, 0.29) is 24.0 Å². The Balaban J connectivity index is 0.00000288. The van der Waals surface area contributed by atoms with Gasteiger partial charge in [0.2, 0.25) is 0 Å². The Morgan fingerprint density at radius 1 is 1.17 bits per heavy atom. The molecule has 0 bridgehead atoms. The lowest BCUT2D eigenvalue weighted by Crippen LogP contribution is -2.45. The van der Waals surface area contributed by atoms with E-state index in [1.54, 1.807) is 0 Å². The number of benzene rings is 1. The highest BCUT2D eigenvalue weighted by Crippen LogP contribution is 2.38. The molecule has 1 atom stereocenters. The first-order valence-electron chi connectivity index (χ1n) is 8.25. The molecular weight excluding hydrogens is 344 g/mol. The molecule has 0 aliphatic carbocycles. The van der Waals surface area contributed by atoms with Crippen LogP contribution < -0.4 is 5.32 Å². The topological polar surface area (TPSA) is 15.3 Å². The van der Waals surface area contributed by atoms with Gasteiger partial charge in [0.25, 0.3) is 0 Å². The predicted molar refractivity (Wildman–Crippen MR) is 90.0 cm³/mol. The van der Waals surface area contributed by atoms with Crippen LogP contribution in [0.3, 0.4) is 0 Å². The number of alkyl halides is 3. The van der Waals surface area contributed by atoms with Crippen LogP contribution in [0.15, 0.2) is 18.2 Å². The van der Waals surface area contributed by atoms with Gasteiger partial charge in [0, 0.05) is 32.2 Å². The smallest absolute Gasteiger partial charge is 0.314 e. The van der Waals surface area contributed by atoms with E-state index in [9.17, 15) is 17.6 Å². The van der Waals surface area contributed by atoms with Gasteiger partial charge in [-0.05, 0) is 24.1 Å². The summed E-state index contributed by atoms with van der Waals surface area (Å²) < 4.78 is 53.4. The fourth-order valence-corrected chi connectivity index (χ4v) is 3.18. The number of hydrogen-bond donors (Lipinski definition) is 1. The molecule has 1 aromatic carbocycles. The van der Waals surface area contributed by atoms with Crippen molar-refractivity contribution in [1.82, 2.24) is 10.2 Å². The third-order valence-corrected chi connectivity index (χ3v) is 4.35. The molecular formula is C17H25ClF4N2. The number of nitrogens with zero attached hydrogens (tertiary/aromatic N) is 1. The average Bonchev–Trinajstić information content (AvgIpc) is 2.52. The Labute approximate surface area is 147 Å². The van der Waals surface area contributed by atoms with Crippen LogP contribution in [0.4, 0.5) is 17.6 Å². The maximum absolute atomic E-state index is 13.4. The van der Waals surface area contributed by atoms with Crippen LogP contribution in [0.5, 0.6) is 0 Å². The first-order valence-corrected chi connectivity index (χ1v) is 8.25. The quantitative estimate of drug-likeness (QED) is 0.573. The molecule has 1 aliphatic rings. The second kappa shape index (κ2) is 9.59. The normalized spacial score (nSPS) is 17.4. The van der Waals surface area contributed by atoms with Gasteiger partial charge in [0.15, 0.2) is 0 Å². The molecule has 0 aromatic heterocycles. The summed E-state index contributed by atoms with van der Waals surface area (Å²) >= 11 is 0. The van der Waals surface area contributed by atoms with Crippen LogP contribution in [-0.4, -0.2) is 31.1 Å². The fraction of sp³-hybridized carbons (Fsp3) is 0.647. The van der Waals surface area contributed by atoms with Gasteiger partial charge in [0.05, 0.1) is 5.56 Å². The van der Waals surface area contributed by atoms with E-state index < -0.39 is 17.6 Å². The summed E-state index contributed by atoms with van der Waals surface area (Å²) in [5.74, 6) is -0.839. The summed E-state index contributed by atoms with van der Waals surface area (Å²) in [7, 11) is 0. The van der Waals surface area contributed by atoms with Crippen molar-refractivity contribution < 1.29 is 17.6 Å². The van der Waals surface area contributed by atoms with Crippen molar-refractivity contribution in [2.75, 3.05) is 26.2 Å². The third-order valence-electron chi connectivity index (χ3n) is 4.35. The SMILES string of the molecule is CCCCC[C@@H](c1ccc(F)cc1C(F)(F)F)N1CCNCC1.Cl. The van der Waals surface area contributed by atoms with E-state index in [1.165, 1.54) is 6.07 Å². The lowest BCUT2D eigenvalue weighted by atomic mass is 9.93. The van der Waals surface area contributed by atoms with Gasteiger partial charge < -0.3 is 5.32 Å². The van der Waals surface area contributed by atoms with Gasteiger partial charge in [-0.1, -0.05) is 32.3 Å². The van der Waals surface area contributed by atoms with Crippen LogP contribution >= 0.6 is 12.4 Å². The van der Waals surface area contributed by atoms with Crippen molar-refractivity contribution in [3.8, 4) is 0 Å². The third kappa shape index (κ3) is 5.60. The molecule has 0 spiro atoms. The molecule has 1 aromatic rings. The Kier molecular flexibility index (Phi) is 8.46. The Hall–Kier alpha value is -0.850. The molecule has 2 nitrogen and oxygen atoms in total. The average molecular weight is 369 g/mol. The molecule has 0 amide bonds. The molecule has 1 fully saturated rings. The summed E-state index contributed by atoms with van der Waals surface area (Å²) in [4.78, 5) is 2.09. The van der Waals surface area contributed by atoms with Crippen molar-refractivity contribution in [2.45, 2.75) is 44.8 Å². The van der Waals surface area contributed by atoms with E-state index in [0.717, 1.165) is 38.4 Å². The minimum atomic E-state index is -4.53. The first kappa shape index (κ1) is 21.2. The van der Waals surface area contributed by atoms with E-state index in [1.807, 2.05) is 0 Å². The molecule has 0 radical (unpaired) electrons. The lowest BCUT2D eigenvalue weighted by molar-refractivity contribution is -0.139. The molecule has 0 unspecified atom stereocenters. The molecule has 138 valence electrons. The second-order valence-electron chi connectivity index (χ2n) is 6.03. The van der Waals surface area contributed by atoms with Gasteiger partial charge in [-0.15, -0.1) is 12.4 Å². The van der Waals surface area contributed by atoms with Gasteiger partial charge in [0.1, 0.15) is 5.82 Å². The van der Waals surface area contributed by atoms with Crippen molar-refractivity contribution in [2.24, 2.45) is 0 Å².